The second kappa shape index (κ2) is 5.09. The fraction of sp³-hybridized carbons (Fsp3) is 0.222. The van der Waals surface area contributed by atoms with Gasteiger partial charge in [0.05, 0.1) is 0 Å². The summed E-state index contributed by atoms with van der Waals surface area (Å²) in [5.74, 6) is 0.666. The Labute approximate surface area is 96.2 Å². The summed E-state index contributed by atoms with van der Waals surface area (Å²) in [6, 6.07) is 1.88. The maximum absolute atomic E-state index is 4.34. The number of thiazole rings is 1. The molecule has 0 saturated heterocycles. The number of hydrogen-bond donors (Lipinski definition) is 1. The van der Waals surface area contributed by atoms with Crippen LogP contribution in [0, 0.1) is 0 Å². The van der Waals surface area contributed by atoms with Crippen molar-refractivity contribution in [1.29, 1.82) is 0 Å². The van der Waals surface area contributed by atoms with Gasteiger partial charge in [0.25, 0.3) is 0 Å². The quantitative estimate of drug-likeness (QED) is 0.829. The normalized spacial score (nSPS) is 10.2. The molecule has 2 aromatic heterocycles. The Bertz CT molecular complexity index is 416. The number of hydrogen-bond acceptors (Lipinski definition) is 6. The van der Waals surface area contributed by atoms with Crippen LogP contribution in [-0.4, -0.2) is 21.5 Å². The molecule has 78 valence electrons. The van der Waals surface area contributed by atoms with E-state index in [2.05, 4.69) is 20.3 Å². The van der Waals surface area contributed by atoms with E-state index in [1.165, 1.54) is 0 Å². The molecule has 4 nitrogen and oxygen atoms in total. The first kappa shape index (κ1) is 10.4. The molecule has 1 N–H and O–H groups in total. The van der Waals surface area contributed by atoms with Gasteiger partial charge >= 0.3 is 0 Å². The molecule has 0 saturated carbocycles. The lowest BCUT2D eigenvalue weighted by molar-refractivity contribution is 1.01. The molecule has 0 fully saturated rings. The van der Waals surface area contributed by atoms with E-state index in [9.17, 15) is 0 Å². The molecule has 0 aromatic carbocycles. The zero-order valence-corrected chi connectivity index (χ0v) is 9.81. The van der Waals surface area contributed by atoms with Crippen LogP contribution in [0.5, 0.6) is 0 Å². The molecular formula is C9H10N4S2. The predicted molar refractivity (Wildman–Crippen MR) is 62.4 cm³/mol. The number of rotatable bonds is 4. The third kappa shape index (κ3) is 2.90. The van der Waals surface area contributed by atoms with Crippen LogP contribution in [0.25, 0.3) is 0 Å². The van der Waals surface area contributed by atoms with E-state index in [4.69, 9.17) is 0 Å². The minimum atomic E-state index is 0.666. The molecule has 0 amide bonds. The van der Waals surface area contributed by atoms with Crippen LogP contribution in [-0.2, 0) is 0 Å². The van der Waals surface area contributed by atoms with Gasteiger partial charge in [0, 0.05) is 24.3 Å². The van der Waals surface area contributed by atoms with Gasteiger partial charge in [-0.25, -0.2) is 15.0 Å². The monoisotopic (exact) mass is 238 g/mol. The van der Waals surface area contributed by atoms with E-state index in [0.29, 0.717) is 5.95 Å². The maximum Gasteiger partial charge on any atom is 0.223 e. The summed E-state index contributed by atoms with van der Waals surface area (Å²) in [4.78, 5) is 12.6. The standard InChI is InChI=1S/C9H10N4S2/c1-2-10-8-11-4-3-7(13-8)15-9-12-5-6-14-9/h3-6H,2H2,1H3,(H,10,11,13). The van der Waals surface area contributed by atoms with Crippen molar-refractivity contribution >= 4 is 29.0 Å². The SMILES string of the molecule is CCNc1nccc(Sc2nccs2)n1. The summed E-state index contributed by atoms with van der Waals surface area (Å²) in [5.41, 5.74) is 0. The third-order valence-corrected chi connectivity index (χ3v) is 3.39. The van der Waals surface area contributed by atoms with Gasteiger partial charge < -0.3 is 5.32 Å². The topological polar surface area (TPSA) is 50.7 Å². The van der Waals surface area contributed by atoms with Gasteiger partial charge in [0.1, 0.15) is 5.03 Å². The smallest absolute Gasteiger partial charge is 0.223 e. The molecule has 0 aliphatic rings. The van der Waals surface area contributed by atoms with E-state index >= 15 is 0 Å². The van der Waals surface area contributed by atoms with Crippen LogP contribution in [0.4, 0.5) is 5.95 Å². The van der Waals surface area contributed by atoms with Crippen molar-refractivity contribution in [2.45, 2.75) is 16.3 Å². The molecule has 2 heterocycles. The molecule has 0 unspecified atom stereocenters. The van der Waals surface area contributed by atoms with Crippen molar-refractivity contribution in [2.75, 3.05) is 11.9 Å². The van der Waals surface area contributed by atoms with Crippen molar-refractivity contribution in [2.24, 2.45) is 0 Å². The Balaban J connectivity index is 2.11. The predicted octanol–water partition coefficient (Wildman–Crippen LogP) is 2.52. The lowest BCUT2D eigenvalue weighted by atomic mass is 10.6. The van der Waals surface area contributed by atoms with Crippen LogP contribution in [0.3, 0.4) is 0 Å². The second-order valence-corrected chi connectivity index (χ2v) is 4.81. The molecule has 2 rings (SSSR count). The average Bonchev–Trinajstić information content (AvgIpc) is 2.71. The van der Waals surface area contributed by atoms with Crippen LogP contribution >= 0.6 is 23.1 Å². The maximum atomic E-state index is 4.34. The summed E-state index contributed by atoms with van der Waals surface area (Å²) in [5, 5.41) is 5.94. The van der Waals surface area contributed by atoms with Crippen molar-refractivity contribution in [3.63, 3.8) is 0 Å². The van der Waals surface area contributed by atoms with Crippen molar-refractivity contribution in [1.82, 2.24) is 15.0 Å². The van der Waals surface area contributed by atoms with Gasteiger partial charge in [0.2, 0.25) is 5.95 Å². The summed E-state index contributed by atoms with van der Waals surface area (Å²) >= 11 is 3.16. The zero-order valence-electron chi connectivity index (χ0n) is 8.17. The van der Waals surface area contributed by atoms with Gasteiger partial charge in [-0.2, -0.15) is 0 Å². The Morgan fingerprint density at radius 1 is 1.40 bits per heavy atom. The fourth-order valence-electron chi connectivity index (χ4n) is 0.992. The van der Waals surface area contributed by atoms with E-state index in [1.807, 2.05) is 18.4 Å². The van der Waals surface area contributed by atoms with Gasteiger partial charge in [-0.15, -0.1) is 11.3 Å². The summed E-state index contributed by atoms with van der Waals surface area (Å²) < 4.78 is 0.996. The highest BCUT2D eigenvalue weighted by atomic mass is 32.2. The summed E-state index contributed by atoms with van der Waals surface area (Å²) in [7, 11) is 0. The Hall–Kier alpha value is -1.14. The Morgan fingerprint density at radius 2 is 2.33 bits per heavy atom. The number of nitrogens with zero attached hydrogens (tertiary/aromatic N) is 3. The molecule has 6 heteroatoms. The third-order valence-electron chi connectivity index (χ3n) is 1.57. The Kier molecular flexibility index (Phi) is 3.52. The van der Waals surface area contributed by atoms with Gasteiger partial charge in [0.15, 0.2) is 4.34 Å². The highest BCUT2D eigenvalue weighted by molar-refractivity contribution is 8.00. The molecule has 15 heavy (non-hydrogen) atoms. The van der Waals surface area contributed by atoms with Crippen LogP contribution in [0.2, 0.25) is 0 Å². The van der Waals surface area contributed by atoms with E-state index in [1.54, 1.807) is 35.5 Å². The minimum absolute atomic E-state index is 0.666. The molecule has 0 aliphatic heterocycles. The molecule has 0 bridgehead atoms. The molecule has 0 radical (unpaired) electrons. The minimum Gasteiger partial charge on any atom is -0.354 e. The van der Waals surface area contributed by atoms with Crippen LogP contribution in [0.15, 0.2) is 33.2 Å². The van der Waals surface area contributed by atoms with E-state index < -0.39 is 0 Å². The number of aromatic nitrogens is 3. The average molecular weight is 238 g/mol. The van der Waals surface area contributed by atoms with Crippen LogP contribution < -0.4 is 5.32 Å². The second-order valence-electron chi connectivity index (χ2n) is 2.65. The van der Waals surface area contributed by atoms with Crippen LogP contribution in [0.1, 0.15) is 6.92 Å². The van der Waals surface area contributed by atoms with Crippen molar-refractivity contribution in [3.05, 3.63) is 23.8 Å². The molecule has 0 atom stereocenters. The van der Waals surface area contributed by atoms with Gasteiger partial charge in [-0.3, -0.25) is 0 Å². The first-order valence-electron chi connectivity index (χ1n) is 4.52. The van der Waals surface area contributed by atoms with Crippen molar-refractivity contribution < 1.29 is 0 Å². The van der Waals surface area contributed by atoms with E-state index in [0.717, 1.165) is 15.9 Å². The number of anilines is 1. The highest BCUT2D eigenvalue weighted by Gasteiger charge is 2.02. The van der Waals surface area contributed by atoms with E-state index in [-0.39, 0.29) is 0 Å². The van der Waals surface area contributed by atoms with Crippen molar-refractivity contribution in [3.8, 4) is 0 Å². The zero-order chi connectivity index (χ0) is 10.5. The largest absolute Gasteiger partial charge is 0.354 e. The lowest BCUT2D eigenvalue weighted by Gasteiger charge is -2.01. The molecular weight excluding hydrogens is 228 g/mol. The fourth-order valence-corrected chi connectivity index (χ4v) is 2.52. The summed E-state index contributed by atoms with van der Waals surface area (Å²) in [6.45, 7) is 2.84. The number of nitrogens with one attached hydrogen (secondary N) is 1. The Morgan fingerprint density at radius 3 is 3.07 bits per heavy atom. The molecule has 2 aromatic rings. The summed E-state index contributed by atoms with van der Waals surface area (Å²) in [6.07, 6.45) is 3.54. The van der Waals surface area contributed by atoms with Gasteiger partial charge in [-0.05, 0) is 24.8 Å². The lowest BCUT2D eigenvalue weighted by Crippen LogP contribution is -2.01. The van der Waals surface area contributed by atoms with Gasteiger partial charge in [-0.1, -0.05) is 0 Å². The molecule has 0 spiro atoms. The first-order valence-corrected chi connectivity index (χ1v) is 6.22. The highest BCUT2D eigenvalue weighted by Crippen LogP contribution is 2.27. The molecule has 0 aliphatic carbocycles. The first-order chi connectivity index (χ1) is 7.38.